The van der Waals surface area contributed by atoms with Crippen LogP contribution < -0.4 is 0 Å². The van der Waals surface area contributed by atoms with Gasteiger partial charge in [0.05, 0.1) is 5.75 Å². The average Bonchev–Trinajstić information content (AvgIpc) is 3.09. The van der Waals surface area contributed by atoms with Crippen molar-refractivity contribution in [3.8, 4) is 0 Å². The maximum Gasteiger partial charge on any atom is 0.241 e. The molecule has 5 nitrogen and oxygen atoms in total. The monoisotopic (exact) mass is 436 g/mol. The molecule has 0 saturated carbocycles. The summed E-state index contributed by atoms with van der Waals surface area (Å²) in [5.74, 6) is -0.637. The van der Waals surface area contributed by atoms with E-state index in [0.717, 1.165) is 9.87 Å². The summed E-state index contributed by atoms with van der Waals surface area (Å²) in [5.41, 5.74) is 2.75. The Balaban J connectivity index is 1.54. The number of fused-ring (bicyclic) bond motifs is 1. The van der Waals surface area contributed by atoms with Gasteiger partial charge in [-0.15, -0.1) is 0 Å². The SMILES string of the molecule is O=C([C@@H]1C[C@H](F)CN1S(=O)(=O)Cc1cccc(Cl)c1)N1CCc2ccccc2C1. The Morgan fingerprint density at radius 1 is 1.14 bits per heavy atom. The zero-order chi connectivity index (χ0) is 20.6. The van der Waals surface area contributed by atoms with E-state index in [1.54, 1.807) is 29.2 Å². The van der Waals surface area contributed by atoms with Crippen LogP contribution in [-0.2, 0) is 33.5 Å². The Bertz CT molecular complexity index is 1030. The second-order valence-corrected chi connectivity index (χ2v) is 9.94. The topological polar surface area (TPSA) is 57.7 Å². The Morgan fingerprint density at radius 3 is 2.66 bits per heavy atom. The van der Waals surface area contributed by atoms with Crippen LogP contribution in [0.15, 0.2) is 48.5 Å². The van der Waals surface area contributed by atoms with Crippen LogP contribution in [0.4, 0.5) is 4.39 Å². The molecule has 154 valence electrons. The smallest absolute Gasteiger partial charge is 0.241 e. The summed E-state index contributed by atoms with van der Waals surface area (Å²) in [7, 11) is -3.87. The summed E-state index contributed by atoms with van der Waals surface area (Å²) >= 11 is 5.95. The average molecular weight is 437 g/mol. The Labute approximate surface area is 175 Å². The number of sulfonamides is 1. The first-order chi connectivity index (χ1) is 13.8. The number of amides is 1. The van der Waals surface area contributed by atoms with Crippen molar-refractivity contribution in [3.63, 3.8) is 0 Å². The lowest BCUT2D eigenvalue weighted by atomic mass is 9.99. The molecule has 0 spiro atoms. The molecule has 2 aliphatic heterocycles. The van der Waals surface area contributed by atoms with E-state index in [0.29, 0.717) is 30.1 Å². The molecule has 8 heteroatoms. The van der Waals surface area contributed by atoms with Crippen molar-refractivity contribution in [2.75, 3.05) is 13.1 Å². The molecule has 1 fully saturated rings. The van der Waals surface area contributed by atoms with Crippen LogP contribution in [-0.4, -0.2) is 48.8 Å². The summed E-state index contributed by atoms with van der Waals surface area (Å²) in [6, 6.07) is 13.4. The molecule has 1 saturated heterocycles. The molecule has 0 aromatic heterocycles. The fraction of sp³-hybridized carbons (Fsp3) is 0.381. The maximum absolute atomic E-state index is 14.2. The molecule has 2 aromatic rings. The highest BCUT2D eigenvalue weighted by Crippen LogP contribution is 2.29. The van der Waals surface area contributed by atoms with Crippen molar-refractivity contribution < 1.29 is 17.6 Å². The Morgan fingerprint density at radius 2 is 1.90 bits per heavy atom. The third-order valence-electron chi connectivity index (χ3n) is 5.53. The zero-order valence-electron chi connectivity index (χ0n) is 15.8. The lowest BCUT2D eigenvalue weighted by Gasteiger charge is -2.33. The first-order valence-electron chi connectivity index (χ1n) is 9.57. The number of nitrogens with zero attached hydrogens (tertiary/aromatic N) is 2. The van der Waals surface area contributed by atoms with Crippen molar-refractivity contribution in [1.29, 1.82) is 0 Å². The molecule has 2 heterocycles. The fourth-order valence-corrected chi connectivity index (χ4v) is 6.04. The van der Waals surface area contributed by atoms with Crippen LogP contribution in [0.2, 0.25) is 5.02 Å². The van der Waals surface area contributed by atoms with Crippen LogP contribution in [0, 0.1) is 0 Å². The summed E-state index contributed by atoms with van der Waals surface area (Å²) in [6.45, 7) is 0.639. The molecule has 0 aliphatic carbocycles. The molecule has 29 heavy (non-hydrogen) atoms. The van der Waals surface area contributed by atoms with E-state index in [9.17, 15) is 17.6 Å². The van der Waals surface area contributed by atoms with Crippen molar-refractivity contribution in [3.05, 3.63) is 70.2 Å². The molecule has 2 aromatic carbocycles. The van der Waals surface area contributed by atoms with E-state index in [4.69, 9.17) is 11.6 Å². The molecule has 0 unspecified atom stereocenters. The van der Waals surface area contributed by atoms with Crippen LogP contribution in [0.25, 0.3) is 0 Å². The van der Waals surface area contributed by atoms with E-state index in [-0.39, 0.29) is 24.6 Å². The van der Waals surface area contributed by atoms with E-state index in [2.05, 4.69) is 0 Å². The number of alkyl halides is 1. The van der Waals surface area contributed by atoms with Crippen molar-refractivity contribution >= 4 is 27.5 Å². The van der Waals surface area contributed by atoms with Crippen LogP contribution >= 0.6 is 11.6 Å². The Kier molecular flexibility index (Phi) is 5.64. The number of hydrogen-bond donors (Lipinski definition) is 0. The van der Waals surface area contributed by atoms with Gasteiger partial charge in [-0.25, -0.2) is 12.8 Å². The van der Waals surface area contributed by atoms with Gasteiger partial charge in [0.1, 0.15) is 12.2 Å². The number of halogens is 2. The predicted octanol–water partition coefficient (Wildman–Crippen LogP) is 3.17. The molecule has 2 aliphatic rings. The van der Waals surface area contributed by atoms with Gasteiger partial charge in [-0.3, -0.25) is 4.79 Å². The van der Waals surface area contributed by atoms with Gasteiger partial charge in [0, 0.05) is 31.1 Å². The third kappa shape index (κ3) is 4.32. The molecular weight excluding hydrogens is 415 g/mol. The molecule has 4 rings (SSSR count). The number of hydrogen-bond acceptors (Lipinski definition) is 3. The van der Waals surface area contributed by atoms with Crippen molar-refractivity contribution in [1.82, 2.24) is 9.21 Å². The number of benzene rings is 2. The van der Waals surface area contributed by atoms with Crippen molar-refractivity contribution in [2.45, 2.75) is 37.4 Å². The van der Waals surface area contributed by atoms with Gasteiger partial charge >= 0.3 is 0 Å². The lowest BCUT2D eigenvalue weighted by Crippen LogP contribution is -2.49. The zero-order valence-corrected chi connectivity index (χ0v) is 17.4. The highest BCUT2D eigenvalue weighted by atomic mass is 35.5. The summed E-state index contributed by atoms with van der Waals surface area (Å²) in [4.78, 5) is 14.8. The lowest BCUT2D eigenvalue weighted by molar-refractivity contribution is -0.135. The number of rotatable bonds is 4. The van der Waals surface area contributed by atoms with Crippen LogP contribution in [0.3, 0.4) is 0 Å². The Hall–Kier alpha value is -1.96. The summed E-state index contributed by atoms with van der Waals surface area (Å²) in [5, 5.41) is 0.432. The van der Waals surface area contributed by atoms with E-state index in [1.165, 1.54) is 5.56 Å². The first-order valence-corrected chi connectivity index (χ1v) is 11.6. The van der Waals surface area contributed by atoms with Gasteiger partial charge in [-0.05, 0) is 35.2 Å². The third-order valence-corrected chi connectivity index (χ3v) is 7.58. The second kappa shape index (κ2) is 8.05. The van der Waals surface area contributed by atoms with Crippen LogP contribution in [0.5, 0.6) is 0 Å². The quantitative estimate of drug-likeness (QED) is 0.739. The second-order valence-electron chi connectivity index (χ2n) is 7.58. The first kappa shape index (κ1) is 20.3. The van der Waals surface area contributed by atoms with Gasteiger partial charge in [0.2, 0.25) is 15.9 Å². The minimum absolute atomic E-state index is 0.105. The number of carbonyl (C=O) groups is 1. The van der Waals surface area contributed by atoms with Crippen molar-refractivity contribution in [2.24, 2.45) is 0 Å². The molecule has 0 radical (unpaired) electrons. The standard InChI is InChI=1S/C21H22ClFN2O3S/c22-18-7-3-4-15(10-18)14-29(27,28)25-13-19(23)11-20(25)21(26)24-9-8-16-5-1-2-6-17(16)12-24/h1-7,10,19-20H,8-9,11-14H2/t19-,20-/m0/s1. The minimum Gasteiger partial charge on any atom is -0.337 e. The van der Waals surface area contributed by atoms with E-state index < -0.39 is 22.2 Å². The van der Waals surface area contributed by atoms with E-state index >= 15 is 0 Å². The van der Waals surface area contributed by atoms with Gasteiger partial charge in [0.25, 0.3) is 0 Å². The molecule has 0 N–H and O–H groups in total. The molecular formula is C21H22ClFN2O3S. The predicted molar refractivity (Wildman–Crippen MR) is 110 cm³/mol. The van der Waals surface area contributed by atoms with Gasteiger partial charge in [0.15, 0.2) is 0 Å². The largest absolute Gasteiger partial charge is 0.337 e. The van der Waals surface area contributed by atoms with Gasteiger partial charge in [-0.1, -0.05) is 48.0 Å². The van der Waals surface area contributed by atoms with Gasteiger partial charge in [-0.2, -0.15) is 4.31 Å². The van der Waals surface area contributed by atoms with E-state index in [1.807, 2.05) is 24.3 Å². The highest BCUT2D eigenvalue weighted by molar-refractivity contribution is 7.88. The fourth-order valence-electron chi connectivity index (χ4n) is 4.10. The molecule has 1 amide bonds. The minimum atomic E-state index is -3.87. The number of carbonyl (C=O) groups excluding carboxylic acids is 1. The molecule has 2 atom stereocenters. The summed E-state index contributed by atoms with van der Waals surface area (Å²) < 4.78 is 41.3. The van der Waals surface area contributed by atoms with Gasteiger partial charge < -0.3 is 4.90 Å². The maximum atomic E-state index is 14.2. The summed E-state index contributed by atoms with van der Waals surface area (Å²) in [6.07, 6.45) is -0.746. The highest BCUT2D eigenvalue weighted by Gasteiger charge is 2.45. The molecule has 0 bridgehead atoms. The van der Waals surface area contributed by atoms with Crippen LogP contribution in [0.1, 0.15) is 23.1 Å². The normalized spacial score (nSPS) is 22.5.